The third kappa shape index (κ3) is 3.41. The Labute approximate surface area is 178 Å². The van der Waals surface area contributed by atoms with Crippen LogP contribution in [-0.2, 0) is 9.53 Å². The zero-order chi connectivity index (χ0) is 21.4. The second kappa shape index (κ2) is 8.03. The predicted molar refractivity (Wildman–Crippen MR) is 110 cm³/mol. The lowest BCUT2D eigenvalue weighted by Gasteiger charge is -2.33. The molecule has 4 rings (SSSR count). The molecule has 0 saturated carbocycles. The summed E-state index contributed by atoms with van der Waals surface area (Å²) in [4.78, 5) is 52.3. The van der Waals surface area contributed by atoms with E-state index < -0.39 is 18.4 Å². The lowest BCUT2D eigenvalue weighted by molar-refractivity contribution is -0.137. The maximum atomic E-state index is 12.9. The Hall–Kier alpha value is -2.99. The molecule has 1 aliphatic heterocycles. The Morgan fingerprint density at radius 2 is 1.73 bits per heavy atom. The van der Waals surface area contributed by atoms with E-state index in [1.807, 2.05) is 6.92 Å². The highest BCUT2D eigenvalue weighted by atomic mass is 35.5. The summed E-state index contributed by atoms with van der Waals surface area (Å²) in [7, 11) is 0. The molecule has 1 amide bonds. The summed E-state index contributed by atoms with van der Waals surface area (Å²) in [6.07, 6.45) is 2.93. The topological polar surface area (TPSA) is 80.8 Å². The zero-order valence-electron chi connectivity index (χ0n) is 16.4. The van der Waals surface area contributed by atoms with E-state index in [2.05, 4.69) is 0 Å². The Kier molecular flexibility index (Phi) is 5.43. The molecule has 1 aliphatic carbocycles. The number of hydrogen-bond acceptors (Lipinski definition) is 5. The third-order valence-corrected chi connectivity index (χ3v) is 6.09. The molecule has 154 valence electrons. The minimum Gasteiger partial charge on any atom is -0.452 e. The van der Waals surface area contributed by atoms with Crippen LogP contribution in [0.5, 0.6) is 0 Å². The Morgan fingerprint density at radius 3 is 2.43 bits per heavy atom. The molecule has 2 aliphatic rings. The van der Waals surface area contributed by atoms with Gasteiger partial charge in [-0.05, 0) is 38.3 Å². The van der Waals surface area contributed by atoms with Gasteiger partial charge >= 0.3 is 5.97 Å². The monoisotopic (exact) mass is 425 g/mol. The molecule has 0 N–H and O–H groups in total. The van der Waals surface area contributed by atoms with Crippen LogP contribution in [0.2, 0.25) is 5.02 Å². The van der Waals surface area contributed by atoms with Crippen molar-refractivity contribution in [1.82, 2.24) is 4.90 Å². The van der Waals surface area contributed by atoms with Gasteiger partial charge in [0.2, 0.25) is 0 Å². The number of carbonyl (C=O) groups excluding carboxylic acids is 4. The number of carbonyl (C=O) groups is 4. The average Bonchev–Trinajstić information content (AvgIpc) is 2.75. The summed E-state index contributed by atoms with van der Waals surface area (Å²) in [5.41, 5.74) is 0.652. The number of nitrogens with zero attached hydrogens (tertiary/aromatic N) is 1. The number of hydrogen-bond donors (Lipinski definition) is 0. The molecule has 0 aromatic heterocycles. The Balaban J connectivity index is 1.56. The second-order valence-electron chi connectivity index (χ2n) is 7.56. The summed E-state index contributed by atoms with van der Waals surface area (Å²) in [6.45, 7) is 2.22. The standard InChI is InChI=1S/C23H20ClNO5/c1-13-6-4-5-11-25(13)18(26)12-30-23(29)17-10-9-16-19(20(17)24)22(28)15-8-3-2-7-14(15)21(16)27/h2-3,7-10,13H,4-6,11-12H2,1H3. The van der Waals surface area contributed by atoms with Gasteiger partial charge in [-0.3, -0.25) is 14.4 Å². The normalized spacial score (nSPS) is 17.9. The molecule has 6 nitrogen and oxygen atoms in total. The summed E-state index contributed by atoms with van der Waals surface area (Å²) < 4.78 is 5.18. The van der Waals surface area contributed by atoms with Crippen molar-refractivity contribution in [2.24, 2.45) is 0 Å². The van der Waals surface area contributed by atoms with Crippen molar-refractivity contribution in [3.05, 3.63) is 69.2 Å². The van der Waals surface area contributed by atoms with E-state index in [1.54, 1.807) is 29.2 Å². The van der Waals surface area contributed by atoms with Crippen LogP contribution < -0.4 is 0 Å². The van der Waals surface area contributed by atoms with Gasteiger partial charge in [0.25, 0.3) is 5.91 Å². The number of fused-ring (bicyclic) bond motifs is 2. The van der Waals surface area contributed by atoms with Crippen LogP contribution in [0.1, 0.15) is 68.4 Å². The SMILES string of the molecule is CC1CCCCN1C(=O)COC(=O)c1ccc2c(c1Cl)C(=O)c1ccccc1C2=O. The Morgan fingerprint density at radius 1 is 1.03 bits per heavy atom. The highest BCUT2D eigenvalue weighted by molar-refractivity contribution is 6.41. The van der Waals surface area contributed by atoms with Gasteiger partial charge in [0.1, 0.15) is 0 Å². The quantitative estimate of drug-likeness (QED) is 0.598. The first-order valence-corrected chi connectivity index (χ1v) is 10.3. The number of rotatable bonds is 3. The van der Waals surface area contributed by atoms with E-state index in [0.717, 1.165) is 19.3 Å². The van der Waals surface area contributed by atoms with E-state index in [1.165, 1.54) is 12.1 Å². The van der Waals surface area contributed by atoms with Crippen molar-refractivity contribution in [2.45, 2.75) is 32.2 Å². The van der Waals surface area contributed by atoms with E-state index >= 15 is 0 Å². The van der Waals surface area contributed by atoms with E-state index in [-0.39, 0.29) is 45.0 Å². The van der Waals surface area contributed by atoms with Gasteiger partial charge in [0.15, 0.2) is 18.2 Å². The van der Waals surface area contributed by atoms with Crippen molar-refractivity contribution in [3.8, 4) is 0 Å². The number of likely N-dealkylation sites (tertiary alicyclic amines) is 1. The largest absolute Gasteiger partial charge is 0.452 e. The number of piperidine rings is 1. The van der Waals surface area contributed by atoms with Gasteiger partial charge < -0.3 is 9.64 Å². The summed E-state index contributed by atoms with van der Waals surface area (Å²) in [5, 5.41) is -0.135. The smallest absolute Gasteiger partial charge is 0.340 e. The molecule has 1 saturated heterocycles. The van der Waals surface area contributed by atoms with Crippen LogP contribution >= 0.6 is 11.6 Å². The first-order valence-electron chi connectivity index (χ1n) is 9.87. The average molecular weight is 426 g/mol. The minimum atomic E-state index is -0.806. The third-order valence-electron chi connectivity index (χ3n) is 5.70. The lowest BCUT2D eigenvalue weighted by atomic mass is 9.83. The first kappa shape index (κ1) is 20.3. The van der Waals surface area contributed by atoms with Crippen molar-refractivity contribution in [3.63, 3.8) is 0 Å². The number of benzene rings is 2. The molecule has 0 spiro atoms. The van der Waals surface area contributed by atoms with Gasteiger partial charge in [0, 0.05) is 29.3 Å². The predicted octanol–water partition coefficient (Wildman–Crippen LogP) is 3.67. The molecule has 1 fully saturated rings. The molecule has 0 bridgehead atoms. The molecule has 1 heterocycles. The molecule has 7 heteroatoms. The highest BCUT2D eigenvalue weighted by Crippen LogP contribution is 2.34. The Bertz CT molecular complexity index is 1080. The number of amides is 1. The van der Waals surface area contributed by atoms with Crippen LogP contribution in [0, 0.1) is 0 Å². The molecule has 2 aromatic carbocycles. The number of ketones is 2. The zero-order valence-corrected chi connectivity index (χ0v) is 17.2. The van der Waals surface area contributed by atoms with Gasteiger partial charge in [-0.15, -0.1) is 0 Å². The van der Waals surface area contributed by atoms with Gasteiger partial charge in [-0.25, -0.2) is 4.79 Å². The molecule has 30 heavy (non-hydrogen) atoms. The highest BCUT2D eigenvalue weighted by Gasteiger charge is 2.33. The van der Waals surface area contributed by atoms with Crippen LogP contribution in [0.15, 0.2) is 36.4 Å². The van der Waals surface area contributed by atoms with Gasteiger partial charge in [0.05, 0.1) is 16.1 Å². The molecular weight excluding hydrogens is 406 g/mol. The summed E-state index contributed by atoms with van der Waals surface area (Å²) in [5.74, 6) is -1.81. The maximum Gasteiger partial charge on any atom is 0.340 e. The lowest BCUT2D eigenvalue weighted by Crippen LogP contribution is -2.44. The molecule has 1 unspecified atom stereocenters. The number of ether oxygens (including phenoxy) is 1. The summed E-state index contributed by atoms with van der Waals surface area (Å²) >= 11 is 6.37. The maximum absolute atomic E-state index is 12.9. The fraction of sp³-hybridized carbons (Fsp3) is 0.304. The second-order valence-corrected chi connectivity index (χ2v) is 7.94. The van der Waals surface area contributed by atoms with E-state index in [9.17, 15) is 19.2 Å². The van der Waals surface area contributed by atoms with E-state index in [4.69, 9.17) is 16.3 Å². The van der Waals surface area contributed by atoms with Crippen molar-refractivity contribution in [1.29, 1.82) is 0 Å². The van der Waals surface area contributed by atoms with Crippen LogP contribution in [0.3, 0.4) is 0 Å². The summed E-state index contributed by atoms with van der Waals surface area (Å²) in [6, 6.07) is 9.36. The van der Waals surface area contributed by atoms with Crippen molar-refractivity contribution in [2.75, 3.05) is 13.2 Å². The fourth-order valence-electron chi connectivity index (χ4n) is 4.06. The van der Waals surface area contributed by atoms with E-state index in [0.29, 0.717) is 12.1 Å². The number of esters is 1. The van der Waals surface area contributed by atoms with Crippen molar-refractivity contribution < 1.29 is 23.9 Å². The van der Waals surface area contributed by atoms with Crippen LogP contribution in [0.25, 0.3) is 0 Å². The fourth-order valence-corrected chi connectivity index (χ4v) is 4.39. The number of halogens is 1. The molecule has 1 atom stereocenters. The molecule has 2 aromatic rings. The van der Waals surface area contributed by atoms with Crippen molar-refractivity contribution >= 4 is 35.0 Å². The van der Waals surface area contributed by atoms with Crippen LogP contribution in [0.4, 0.5) is 0 Å². The van der Waals surface area contributed by atoms with Crippen LogP contribution in [-0.4, -0.2) is 47.5 Å². The minimum absolute atomic E-state index is 0.00852. The molecular formula is C23H20ClNO5. The van der Waals surface area contributed by atoms with Gasteiger partial charge in [-0.1, -0.05) is 35.9 Å². The molecule has 0 radical (unpaired) electrons. The first-order chi connectivity index (χ1) is 14.4. The van der Waals surface area contributed by atoms with Gasteiger partial charge in [-0.2, -0.15) is 0 Å².